The molecule has 4 rings (SSSR count). The monoisotopic (exact) mass is 447 g/mol. The van der Waals surface area contributed by atoms with Crippen molar-refractivity contribution in [3.63, 3.8) is 0 Å². The second-order valence-electron chi connectivity index (χ2n) is 7.23. The summed E-state index contributed by atoms with van der Waals surface area (Å²) >= 11 is 0. The minimum Gasteiger partial charge on any atom is -0.355 e. The third-order valence-electron chi connectivity index (χ3n) is 4.97. The molecule has 0 spiro atoms. The van der Waals surface area contributed by atoms with Crippen molar-refractivity contribution in [3.8, 4) is 11.3 Å². The van der Waals surface area contributed by atoms with Gasteiger partial charge in [-0.2, -0.15) is 0 Å². The van der Waals surface area contributed by atoms with Gasteiger partial charge in [0.25, 0.3) is 15.9 Å². The molecule has 1 heterocycles. The van der Waals surface area contributed by atoms with E-state index in [4.69, 9.17) is 4.52 Å². The van der Waals surface area contributed by atoms with Gasteiger partial charge in [0.05, 0.1) is 10.6 Å². The summed E-state index contributed by atoms with van der Waals surface area (Å²) in [6.45, 7) is 1.99. The summed E-state index contributed by atoms with van der Waals surface area (Å²) in [7, 11) is -2.23. The Morgan fingerprint density at radius 2 is 1.59 bits per heavy atom. The lowest BCUT2D eigenvalue weighted by molar-refractivity contribution is 0.101. The van der Waals surface area contributed by atoms with Crippen molar-refractivity contribution < 1.29 is 17.7 Å². The van der Waals surface area contributed by atoms with Gasteiger partial charge in [-0.25, -0.2) is 8.42 Å². The van der Waals surface area contributed by atoms with Gasteiger partial charge in [0.2, 0.25) is 0 Å². The fraction of sp³-hybridized carbons (Fsp3) is 0.0833. The van der Waals surface area contributed by atoms with Crippen LogP contribution in [0.1, 0.15) is 16.1 Å². The van der Waals surface area contributed by atoms with Crippen molar-refractivity contribution in [3.05, 3.63) is 96.2 Å². The second kappa shape index (κ2) is 8.68. The number of nitrogens with zero attached hydrogens (tertiary/aromatic N) is 2. The average molecular weight is 448 g/mol. The van der Waals surface area contributed by atoms with E-state index in [0.717, 1.165) is 11.1 Å². The normalized spacial score (nSPS) is 11.2. The van der Waals surface area contributed by atoms with E-state index >= 15 is 0 Å². The number of sulfonamides is 1. The van der Waals surface area contributed by atoms with Crippen molar-refractivity contribution in [2.75, 3.05) is 16.7 Å². The van der Waals surface area contributed by atoms with Crippen LogP contribution in [-0.2, 0) is 10.0 Å². The standard InChI is InChI=1S/C24H21N3O4S/c1-17-8-10-18(11-9-17)23-16-22(26-31-23)24(28)25-19-12-14-21(15-13-19)32(29,30)27(2)20-6-4-3-5-7-20/h3-16H,1-2H3,(H,25,28). The summed E-state index contributed by atoms with van der Waals surface area (Å²) in [5, 5.41) is 6.54. The van der Waals surface area contributed by atoms with Crippen molar-refractivity contribution in [1.82, 2.24) is 5.16 Å². The minimum atomic E-state index is -3.73. The largest absolute Gasteiger partial charge is 0.355 e. The highest BCUT2D eigenvalue weighted by Gasteiger charge is 2.21. The molecule has 3 aromatic carbocycles. The molecular formula is C24H21N3O4S. The van der Waals surface area contributed by atoms with Gasteiger partial charge in [-0.1, -0.05) is 53.2 Å². The number of para-hydroxylation sites is 1. The summed E-state index contributed by atoms with van der Waals surface area (Å²) in [5.41, 5.74) is 3.06. The van der Waals surface area contributed by atoms with Gasteiger partial charge in [0.15, 0.2) is 11.5 Å². The van der Waals surface area contributed by atoms with E-state index in [0.29, 0.717) is 17.1 Å². The smallest absolute Gasteiger partial charge is 0.277 e. The Morgan fingerprint density at radius 3 is 2.25 bits per heavy atom. The number of aryl methyl sites for hydroxylation is 1. The summed E-state index contributed by atoms with van der Waals surface area (Å²) < 4.78 is 32.2. The number of carbonyl (C=O) groups excluding carboxylic acids is 1. The first-order valence-corrected chi connectivity index (χ1v) is 11.3. The molecule has 4 aromatic rings. The van der Waals surface area contributed by atoms with Crippen LogP contribution in [0.15, 0.2) is 94.3 Å². The molecule has 7 nitrogen and oxygen atoms in total. The Bertz CT molecular complexity index is 1330. The van der Waals surface area contributed by atoms with E-state index in [2.05, 4.69) is 10.5 Å². The quantitative estimate of drug-likeness (QED) is 0.461. The zero-order valence-electron chi connectivity index (χ0n) is 17.5. The first-order chi connectivity index (χ1) is 15.3. The van der Waals surface area contributed by atoms with Crippen molar-refractivity contribution in [2.45, 2.75) is 11.8 Å². The number of anilines is 2. The molecule has 1 N–H and O–H groups in total. The van der Waals surface area contributed by atoms with Gasteiger partial charge in [-0.05, 0) is 43.3 Å². The third-order valence-corrected chi connectivity index (χ3v) is 6.77. The summed E-state index contributed by atoms with van der Waals surface area (Å²) in [6, 6.07) is 24.0. The van der Waals surface area contributed by atoms with E-state index in [-0.39, 0.29) is 10.6 Å². The fourth-order valence-corrected chi connectivity index (χ4v) is 4.27. The van der Waals surface area contributed by atoms with Gasteiger partial charge in [0, 0.05) is 24.4 Å². The van der Waals surface area contributed by atoms with Gasteiger partial charge >= 0.3 is 0 Å². The number of rotatable bonds is 6. The molecule has 0 aliphatic carbocycles. The highest BCUT2D eigenvalue weighted by Crippen LogP contribution is 2.24. The predicted octanol–water partition coefficient (Wildman–Crippen LogP) is 4.73. The number of benzene rings is 3. The predicted molar refractivity (Wildman–Crippen MR) is 123 cm³/mol. The Balaban J connectivity index is 1.47. The molecule has 162 valence electrons. The van der Waals surface area contributed by atoms with Gasteiger partial charge in [-0.15, -0.1) is 0 Å². The topological polar surface area (TPSA) is 92.5 Å². The van der Waals surface area contributed by atoms with Crippen LogP contribution in [0.2, 0.25) is 0 Å². The average Bonchev–Trinajstić information content (AvgIpc) is 3.30. The molecule has 0 bridgehead atoms. The molecule has 0 unspecified atom stereocenters. The number of amides is 1. The van der Waals surface area contributed by atoms with Crippen LogP contribution in [0.5, 0.6) is 0 Å². The molecule has 0 fully saturated rings. The number of hydrogen-bond donors (Lipinski definition) is 1. The molecule has 32 heavy (non-hydrogen) atoms. The van der Waals surface area contributed by atoms with Gasteiger partial charge in [-0.3, -0.25) is 9.10 Å². The maximum atomic E-state index is 12.9. The summed E-state index contributed by atoms with van der Waals surface area (Å²) in [4.78, 5) is 12.6. The van der Waals surface area contributed by atoms with Crippen LogP contribution in [0.3, 0.4) is 0 Å². The van der Waals surface area contributed by atoms with E-state index in [1.807, 2.05) is 37.3 Å². The highest BCUT2D eigenvalue weighted by atomic mass is 32.2. The second-order valence-corrected chi connectivity index (χ2v) is 9.20. The van der Waals surface area contributed by atoms with E-state index in [9.17, 15) is 13.2 Å². The molecule has 1 amide bonds. The molecule has 8 heteroatoms. The van der Waals surface area contributed by atoms with Gasteiger partial charge in [0.1, 0.15) is 0 Å². The number of hydrogen-bond acceptors (Lipinski definition) is 5. The number of carbonyl (C=O) groups is 1. The number of nitrogens with one attached hydrogen (secondary N) is 1. The maximum absolute atomic E-state index is 12.9. The molecule has 0 aliphatic rings. The maximum Gasteiger partial charge on any atom is 0.277 e. The molecule has 0 atom stereocenters. The van der Waals surface area contributed by atoms with E-state index < -0.39 is 15.9 Å². The molecule has 0 saturated heterocycles. The minimum absolute atomic E-state index is 0.116. The van der Waals surface area contributed by atoms with Crippen molar-refractivity contribution in [1.29, 1.82) is 0 Å². The van der Waals surface area contributed by atoms with Crippen LogP contribution in [0, 0.1) is 6.92 Å². The lowest BCUT2D eigenvalue weighted by atomic mass is 10.1. The SMILES string of the molecule is Cc1ccc(-c2cc(C(=O)Nc3ccc(S(=O)(=O)N(C)c4ccccc4)cc3)no2)cc1. The van der Waals surface area contributed by atoms with Gasteiger partial charge < -0.3 is 9.84 Å². The number of aromatic nitrogens is 1. The van der Waals surface area contributed by atoms with Crippen molar-refractivity contribution >= 4 is 27.3 Å². The molecule has 0 radical (unpaired) electrons. The molecular weight excluding hydrogens is 426 g/mol. The zero-order valence-corrected chi connectivity index (χ0v) is 18.3. The Hall–Kier alpha value is -3.91. The third kappa shape index (κ3) is 4.40. The Morgan fingerprint density at radius 1 is 0.938 bits per heavy atom. The van der Waals surface area contributed by atoms with Crippen LogP contribution < -0.4 is 9.62 Å². The van der Waals surface area contributed by atoms with Crippen LogP contribution >= 0.6 is 0 Å². The van der Waals surface area contributed by atoms with Crippen LogP contribution in [0.4, 0.5) is 11.4 Å². The summed E-state index contributed by atoms with van der Waals surface area (Å²) in [6.07, 6.45) is 0. The lowest BCUT2D eigenvalue weighted by Gasteiger charge is -2.19. The zero-order chi connectivity index (χ0) is 22.7. The molecule has 0 saturated carbocycles. The van der Waals surface area contributed by atoms with E-state index in [1.165, 1.54) is 35.6 Å². The highest BCUT2D eigenvalue weighted by molar-refractivity contribution is 7.92. The fourth-order valence-electron chi connectivity index (χ4n) is 3.08. The first kappa shape index (κ1) is 21.3. The Kier molecular flexibility index (Phi) is 5.79. The Labute approximate surface area is 186 Å². The molecule has 0 aliphatic heterocycles. The van der Waals surface area contributed by atoms with E-state index in [1.54, 1.807) is 30.3 Å². The summed E-state index contributed by atoms with van der Waals surface area (Å²) in [5.74, 6) is 0.0321. The van der Waals surface area contributed by atoms with Crippen LogP contribution in [-0.4, -0.2) is 26.5 Å². The molecule has 1 aromatic heterocycles. The first-order valence-electron chi connectivity index (χ1n) is 9.84. The van der Waals surface area contributed by atoms with Crippen molar-refractivity contribution in [2.24, 2.45) is 0 Å². The van der Waals surface area contributed by atoms with Crippen LogP contribution in [0.25, 0.3) is 11.3 Å². The lowest BCUT2D eigenvalue weighted by Crippen LogP contribution is -2.26.